The summed E-state index contributed by atoms with van der Waals surface area (Å²) in [6, 6.07) is 0. The monoisotopic (exact) mass is 180 g/mol. The second-order valence-electron chi connectivity index (χ2n) is 4.01. The SMILES string of the molecule is Cc1nc(C2CNC2)oc1C(C)C. The third-order valence-electron chi connectivity index (χ3n) is 2.50. The number of nitrogens with one attached hydrogen (secondary N) is 1. The third-order valence-corrected chi connectivity index (χ3v) is 2.50. The molecule has 3 heteroatoms. The minimum atomic E-state index is 0.439. The van der Waals surface area contributed by atoms with E-state index in [1.165, 1.54) is 0 Å². The second-order valence-corrected chi connectivity index (χ2v) is 4.01. The highest BCUT2D eigenvalue weighted by Gasteiger charge is 2.25. The molecule has 0 atom stereocenters. The van der Waals surface area contributed by atoms with Crippen molar-refractivity contribution in [3.63, 3.8) is 0 Å². The van der Waals surface area contributed by atoms with E-state index in [1.807, 2.05) is 6.92 Å². The molecule has 0 aliphatic carbocycles. The van der Waals surface area contributed by atoms with Gasteiger partial charge in [0.05, 0.1) is 11.6 Å². The lowest BCUT2D eigenvalue weighted by atomic mass is 10.0. The molecule has 72 valence electrons. The molecule has 0 unspecified atom stereocenters. The van der Waals surface area contributed by atoms with Gasteiger partial charge in [-0.05, 0) is 6.92 Å². The largest absolute Gasteiger partial charge is 0.445 e. The highest BCUT2D eigenvalue weighted by Crippen LogP contribution is 2.25. The predicted octanol–water partition coefficient (Wildman–Crippen LogP) is 1.79. The van der Waals surface area contributed by atoms with Crippen LogP contribution < -0.4 is 5.32 Å². The summed E-state index contributed by atoms with van der Waals surface area (Å²) < 4.78 is 5.73. The first-order valence-electron chi connectivity index (χ1n) is 4.86. The standard InChI is InChI=1S/C10H16N2O/c1-6(2)9-7(3)12-10(13-9)8-4-11-5-8/h6,8,11H,4-5H2,1-3H3. The molecule has 1 aromatic rings. The van der Waals surface area contributed by atoms with Crippen LogP contribution in [-0.2, 0) is 0 Å². The van der Waals surface area contributed by atoms with Gasteiger partial charge in [-0.3, -0.25) is 0 Å². The Morgan fingerprint density at radius 1 is 1.46 bits per heavy atom. The summed E-state index contributed by atoms with van der Waals surface area (Å²) in [5.41, 5.74) is 1.05. The van der Waals surface area contributed by atoms with Crippen LogP contribution in [0.1, 0.15) is 43.0 Å². The molecular formula is C10H16N2O. The quantitative estimate of drug-likeness (QED) is 0.754. The van der Waals surface area contributed by atoms with E-state index < -0.39 is 0 Å². The van der Waals surface area contributed by atoms with Crippen LogP contribution >= 0.6 is 0 Å². The fourth-order valence-corrected chi connectivity index (χ4v) is 1.60. The normalized spacial score (nSPS) is 17.8. The Balaban J connectivity index is 2.23. The van der Waals surface area contributed by atoms with Crippen LogP contribution in [0.4, 0.5) is 0 Å². The van der Waals surface area contributed by atoms with E-state index >= 15 is 0 Å². The molecule has 0 aromatic carbocycles. The van der Waals surface area contributed by atoms with Gasteiger partial charge in [0.25, 0.3) is 0 Å². The molecule has 1 aromatic heterocycles. The van der Waals surface area contributed by atoms with Crippen LogP contribution in [0.2, 0.25) is 0 Å². The molecule has 3 nitrogen and oxygen atoms in total. The van der Waals surface area contributed by atoms with Gasteiger partial charge < -0.3 is 9.73 Å². The van der Waals surface area contributed by atoms with Crippen molar-refractivity contribution >= 4 is 0 Å². The molecule has 1 fully saturated rings. The highest BCUT2D eigenvalue weighted by atomic mass is 16.4. The van der Waals surface area contributed by atoms with Gasteiger partial charge in [-0.15, -0.1) is 0 Å². The lowest BCUT2D eigenvalue weighted by molar-refractivity contribution is 0.340. The smallest absolute Gasteiger partial charge is 0.200 e. The van der Waals surface area contributed by atoms with Gasteiger partial charge in [0.1, 0.15) is 5.76 Å². The molecule has 1 N–H and O–H groups in total. The zero-order valence-electron chi connectivity index (χ0n) is 8.42. The summed E-state index contributed by atoms with van der Waals surface area (Å²) in [7, 11) is 0. The van der Waals surface area contributed by atoms with Crippen molar-refractivity contribution in [3.05, 3.63) is 17.3 Å². The number of nitrogens with zero attached hydrogens (tertiary/aromatic N) is 1. The fraction of sp³-hybridized carbons (Fsp3) is 0.700. The molecule has 1 aliphatic rings. The van der Waals surface area contributed by atoms with Crippen LogP contribution in [0.25, 0.3) is 0 Å². The van der Waals surface area contributed by atoms with Gasteiger partial charge in [-0.2, -0.15) is 0 Å². The number of rotatable bonds is 2. The molecule has 2 rings (SSSR count). The third kappa shape index (κ3) is 1.48. The first-order valence-corrected chi connectivity index (χ1v) is 4.86. The summed E-state index contributed by atoms with van der Waals surface area (Å²) in [6.45, 7) is 8.32. The molecule has 2 heterocycles. The maximum atomic E-state index is 5.73. The van der Waals surface area contributed by atoms with Crippen LogP contribution in [0.5, 0.6) is 0 Å². The van der Waals surface area contributed by atoms with Gasteiger partial charge in [-0.25, -0.2) is 4.98 Å². The minimum absolute atomic E-state index is 0.439. The van der Waals surface area contributed by atoms with Gasteiger partial charge in [-0.1, -0.05) is 13.8 Å². The van der Waals surface area contributed by atoms with E-state index in [4.69, 9.17) is 4.42 Å². The number of hydrogen-bond acceptors (Lipinski definition) is 3. The topological polar surface area (TPSA) is 38.1 Å². The molecule has 0 saturated carbocycles. The van der Waals surface area contributed by atoms with Crippen molar-refractivity contribution < 1.29 is 4.42 Å². The highest BCUT2D eigenvalue weighted by molar-refractivity contribution is 5.14. The van der Waals surface area contributed by atoms with Crippen molar-refractivity contribution in [2.24, 2.45) is 0 Å². The number of oxazole rings is 1. The molecular weight excluding hydrogens is 164 g/mol. The van der Waals surface area contributed by atoms with Gasteiger partial charge >= 0.3 is 0 Å². The molecule has 1 aliphatic heterocycles. The number of aromatic nitrogens is 1. The summed E-state index contributed by atoms with van der Waals surface area (Å²) in [5.74, 6) is 2.90. The minimum Gasteiger partial charge on any atom is -0.445 e. The Kier molecular flexibility index (Phi) is 2.12. The summed E-state index contributed by atoms with van der Waals surface area (Å²) >= 11 is 0. The van der Waals surface area contributed by atoms with E-state index in [9.17, 15) is 0 Å². The predicted molar refractivity (Wildman–Crippen MR) is 50.9 cm³/mol. The van der Waals surface area contributed by atoms with Crippen molar-refractivity contribution in [1.82, 2.24) is 10.3 Å². The van der Waals surface area contributed by atoms with E-state index in [-0.39, 0.29) is 0 Å². The fourth-order valence-electron chi connectivity index (χ4n) is 1.60. The molecule has 0 bridgehead atoms. The van der Waals surface area contributed by atoms with Crippen LogP contribution in [0.15, 0.2) is 4.42 Å². The Morgan fingerprint density at radius 2 is 2.15 bits per heavy atom. The van der Waals surface area contributed by atoms with Crippen molar-refractivity contribution in [2.75, 3.05) is 13.1 Å². The zero-order valence-corrected chi connectivity index (χ0v) is 8.42. The van der Waals surface area contributed by atoms with Gasteiger partial charge in [0, 0.05) is 19.0 Å². The first kappa shape index (κ1) is 8.75. The van der Waals surface area contributed by atoms with Gasteiger partial charge in [0.15, 0.2) is 5.89 Å². The molecule has 0 spiro atoms. The van der Waals surface area contributed by atoms with Crippen LogP contribution in [0, 0.1) is 6.92 Å². The summed E-state index contributed by atoms with van der Waals surface area (Å²) in [5, 5.41) is 3.22. The van der Waals surface area contributed by atoms with E-state index in [0.29, 0.717) is 11.8 Å². The van der Waals surface area contributed by atoms with Crippen molar-refractivity contribution in [3.8, 4) is 0 Å². The second kappa shape index (κ2) is 3.14. The molecule has 0 amide bonds. The average Bonchev–Trinajstić information content (AvgIpc) is 2.27. The molecule has 13 heavy (non-hydrogen) atoms. The van der Waals surface area contributed by atoms with E-state index in [1.54, 1.807) is 0 Å². The van der Waals surface area contributed by atoms with E-state index in [2.05, 4.69) is 24.1 Å². The van der Waals surface area contributed by atoms with E-state index in [0.717, 1.165) is 30.4 Å². The lowest BCUT2D eigenvalue weighted by Crippen LogP contribution is -2.40. The van der Waals surface area contributed by atoms with Crippen molar-refractivity contribution in [1.29, 1.82) is 0 Å². The number of aryl methyl sites for hydroxylation is 1. The van der Waals surface area contributed by atoms with Crippen LogP contribution in [-0.4, -0.2) is 18.1 Å². The van der Waals surface area contributed by atoms with Crippen molar-refractivity contribution in [2.45, 2.75) is 32.6 Å². The Bertz CT molecular complexity index is 300. The average molecular weight is 180 g/mol. The van der Waals surface area contributed by atoms with Gasteiger partial charge in [0.2, 0.25) is 0 Å². The summed E-state index contributed by atoms with van der Waals surface area (Å²) in [4.78, 5) is 4.45. The first-order chi connectivity index (χ1) is 6.18. The molecule has 1 saturated heterocycles. The lowest BCUT2D eigenvalue weighted by Gasteiger charge is -2.23. The Morgan fingerprint density at radius 3 is 2.54 bits per heavy atom. The molecule has 0 radical (unpaired) electrons. The maximum absolute atomic E-state index is 5.73. The maximum Gasteiger partial charge on any atom is 0.200 e. The number of hydrogen-bond donors (Lipinski definition) is 1. The Hall–Kier alpha value is -0.830. The Labute approximate surface area is 78.5 Å². The van der Waals surface area contributed by atoms with Crippen LogP contribution in [0.3, 0.4) is 0 Å². The summed E-state index contributed by atoms with van der Waals surface area (Å²) in [6.07, 6.45) is 0. The zero-order chi connectivity index (χ0) is 9.42.